The maximum absolute atomic E-state index is 12.6. The number of ether oxygens (including phenoxy) is 1. The normalized spacial score (nSPS) is 15.4. The zero-order valence-electron chi connectivity index (χ0n) is 18.0. The van der Waals surface area contributed by atoms with Crippen LogP contribution < -0.4 is 20.9 Å². The van der Waals surface area contributed by atoms with Crippen LogP contribution in [0.25, 0.3) is 11.2 Å². The lowest BCUT2D eigenvalue weighted by Gasteiger charge is -2.28. The number of hydrogen-bond donors (Lipinski definition) is 2. The molecule has 0 bridgehead atoms. The molecule has 0 radical (unpaired) electrons. The Bertz CT molecular complexity index is 1170. The van der Waals surface area contributed by atoms with Crippen LogP contribution in [0.1, 0.15) is 31.7 Å². The van der Waals surface area contributed by atoms with Gasteiger partial charge in [0.25, 0.3) is 5.56 Å². The SMILES string of the molecule is CCc1cccc(OC[C@@H](O)Cn2c(N3CCCCC3)nc3c2c(=O)[nH]c(=O)n3C)c1. The number of aliphatic hydroxyl groups excluding tert-OH is 1. The van der Waals surface area contributed by atoms with E-state index in [2.05, 4.69) is 21.8 Å². The molecule has 2 aromatic heterocycles. The summed E-state index contributed by atoms with van der Waals surface area (Å²) in [5, 5.41) is 10.7. The lowest BCUT2D eigenvalue weighted by atomic mass is 10.1. The third-order valence-electron chi connectivity index (χ3n) is 5.77. The van der Waals surface area contributed by atoms with Crippen LogP contribution in [0.4, 0.5) is 5.95 Å². The van der Waals surface area contributed by atoms with Gasteiger partial charge in [-0.2, -0.15) is 4.98 Å². The number of anilines is 1. The fourth-order valence-corrected chi connectivity index (χ4v) is 4.04. The summed E-state index contributed by atoms with van der Waals surface area (Å²) in [4.78, 5) is 33.8. The number of nitrogens with one attached hydrogen (secondary N) is 1. The lowest BCUT2D eigenvalue weighted by Crippen LogP contribution is -2.34. The summed E-state index contributed by atoms with van der Waals surface area (Å²) < 4.78 is 8.84. The van der Waals surface area contributed by atoms with Gasteiger partial charge in [0, 0.05) is 20.1 Å². The molecule has 166 valence electrons. The Balaban J connectivity index is 1.63. The second-order valence-corrected chi connectivity index (χ2v) is 8.03. The van der Waals surface area contributed by atoms with E-state index in [1.807, 2.05) is 24.3 Å². The predicted molar refractivity (Wildman–Crippen MR) is 119 cm³/mol. The summed E-state index contributed by atoms with van der Waals surface area (Å²) in [5.41, 5.74) is 0.755. The number of hydrogen-bond acceptors (Lipinski definition) is 6. The Morgan fingerprint density at radius 1 is 1.23 bits per heavy atom. The Morgan fingerprint density at radius 2 is 2.00 bits per heavy atom. The highest BCUT2D eigenvalue weighted by molar-refractivity contribution is 5.74. The van der Waals surface area contributed by atoms with Gasteiger partial charge in [0.1, 0.15) is 18.5 Å². The van der Waals surface area contributed by atoms with Gasteiger partial charge in [0.05, 0.1) is 6.54 Å². The number of nitrogens with zero attached hydrogens (tertiary/aromatic N) is 4. The minimum absolute atomic E-state index is 0.0793. The summed E-state index contributed by atoms with van der Waals surface area (Å²) in [6.07, 6.45) is 3.28. The summed E-state index contributed by atoms with van der Waals surface area (Å²) in [7, 11) is 1.58. The van der Waals surface area contributed by atoms with Gasteiger partial charge in [0.2, 0.25) is 5.95 Å². The average Bonchev–Trinajstić information content (AvgIpc) is 3.16. The number of rotatable bonds is 7. The number of aryl methyl sites for hydroxylation is 2. The maximum atomic E-state index is 12.6. The van der Waals surface area contributed by atoms with Crippen LogP contribution in [0.2, 0.25) is 0 Å². The first kappa shape index (κ1) is 21.2. The van der Waals surface area contributed by atoms with E-state index in [1.54, 1.807) is 11.6 Å². The maximum Gasteiger partial charge on any atom is 0.329 e. The van der Waals surface area contributed by atoms with Crippen molar-refractivity contribution in [1.29, 1.82) is 0 Å². The van der Waals surface area contributed by atoms with Gasteiger partial charge in [-0.15, -0.1) is 0 Å². The number of imidazole rings is 1. The quantitative estimate of drug-likeness (QED) is 0.591. The molecule has 0 aliphatic carbocycles. The molecular weight excluding hydrogens is 398 g/mol. The molecule has 2 N–H and O–H groups in total. The van der Waals surface area contributed by atoms with Crippen LogP contribution >= 0.6 is 0 Å². The second-order valence-electron chi connectivity index (χ2n) is 8.03. The van der Waals surface area contributed by atoms with Crippen molar-refractivity contribution in [3.8, 4) is 5.75 Å². The van der Waals surface area contributed by atoms with Gasteiger partial charge in [-0.25, -0.2) is 4.79 Å². The van der Waals surface area contributed by atoms with Gasteiger partial charge in [-0.1, -0.05) is 19.1 Å². The zero-order valence-corrected chi connectivity index (χ0v) is 18.0. The Morgan fingerprint density at radius 3 is 2.74 bits per heavy atom. The molecule has 3 heterocycles. The first-order chi connectivity index (χ1) is 15.0. The number of aliphatic hydroxyl groups is 1. The predicted octanol–water partition coefficient (Wildman–Crippen LogP) is 1.42. The van der Waals surface area contributed by atoms with Crippen molar-refractivity contribution in [3.63, 3.8) is 0 Å². The van der Waals surface area contributed by atoms with E-state index in [4.69, 9.17) is 4.74 Å². The minimum Gasteiger partial charge on any atom is -0.491 e. The van der Waals surface area contributed by atoms with Crippen LogP contribution in [-0.2, 0) is 20.0 Å². The third-order valence-corrected chi connectivity index (χ3v) is 5.77. The van der Waals surface area contributed by atoms with E-state index in [0.717, 1.165) is 44.3 Å². The third kappa shape index (κ3) is 4.36. The fourth-order valence-electron chi connectivity index (χ4n) is 4.04. The van der Waals surface area contributed by atoms with Crippen LogP contribution in [0.15, 0.2) is 33.9 Å². The van der Waals surface area contributed by atoms with Crippen molar-refractivity contribution < 1.29 is 9.84 Å². The molecule has 0 unspecified atom stereocenters. The number of aromatic nitrogens is 4. The van der Waals surface area contributed by atoms with Crippen molar-refractivity contribution in [2.45, 2.75) is 45.3 Å². The molecular formula is C22H29N5O4. The van der Waals surface area contributed by atoms with Crippen LogP contribution in [0.5, 0.6) is 5.75 Å². The highest BCUT2D eigenvalue weighted by atomic mass is 16.5. The topological polar surface area (TPSA) is 105 Å². The van der Waals surface area contributed by atoms with E-state index in [-0.39, 0.29) is 18.7 Å². The average molecular weight is 428 g/mol. The molecule has 1 aliphatic rings. The smallest absolute Gasteiger partial charge is 0.329 e. The van der Waals surface area contributed by atoms with Crippen molar-refractivity contribution in [1.82, 2.24) is 19.1 Å². The fraction of sp³-hybridized carbons (Fsp3) is 0.500. The highest BCUT2D eigenvalue weighted by Crippen LogP contribution is 2.23. The van der Waals surface area contributed by atoms with Gasteiger partial charge in [-0.3, -0.25) is 14.3 Å². The first-order valence-electron chi connectivity index (χ1n) is 10.8. The van der Waals surface area contributed by atoms with E-state index in [0.29, 0.717) is 17.3 Å². The molecule has 31 heavy (non-hydrogen) atoms. The van der Waals surface area contributed by atoms with Crippen LogP contribution in [0.3, 0.4) is 0 Å². The number of fused-ring (bicyclic) bond motifs is 1. The monoisotopic (exact) mass is 427 g/mol. The molecule has 9 heteroatoms. The Hall–Kier alpha value is -3.07. The van der Waals surface area contributed by atoms with Crippen molar-refractivity contribution in [3.05, 3.63) is 50.7 Å². The minimum atomic E-state index is -0.858. The number of piperidine rings is 1. The standard InChI is InChI=1S/C22H29N5O4/c1-3-15-8-7-9-17(12-15)31-14-16(28)13-27-18-19(25(2)22(30)24-20(18)29)23-21(27)26-10-5-4-6-11-26/h7-9,12,16,28H,3-6,10-11,13-14H2,1-2H3,(H,24,29,30)/t16-/m0/s1. The van der Waals surface area contributed by atoms with Gasteiger partial charge < -0.3 is 19.3 Å². The molecule has 3 aromatic rings. The molecule has 1 atom stereocenters. The molecule has 1 fully saturated rings. The molecule has 0 spiro atoms. The van der Waals surface area contributed by atoms with Crippen molar-refractivity contribution in [2.24, 2.45) is 7.05 Å². The van der Waals surface area contributed by atoms with E-state index in [1.165, 1.54) is 4.57 Å². The molecule has 1 aromatic carbocycles. The molecule has 0 amide bonds. The van der Waals surface area contributed by atoms with Gasteiger partial charge in [0.15, 0.2) is 11.2 Å². The molecule has 4 rings (SSSR count). The molecule has 0 saturated carbocycles. The van der Waals surface area contributed by atoms with Crippen molar-refractivity contribution in [2.75, 3.05) is 24.6 Å². The summed E-state index contributed by atoms with van der Waals surface area (Å²) in [6.45, 7) is 3.94. The van der Waals surface area contributed by atoms with Gasteiger partial charge in [-0.05, 0) is 43.4 Å². The zero-order chi connectivity index (χ0) is 22.0. The molecule has 9 nitrogen and oxygen atoms in total. The summed E-state index contributed by atoms with van der Waals surface area (Å²) >= 11 is 0. The Kier molecular flexibility index (Phi) is 6.13. The first-order valence-corrected chi connectivity index (χ1v) is 10.8. The Labute approximate surface area is 179 Å². The lowest BCUT2D eigenvalue weighted by molar-refractivity contribution is 0.0935. The number of H-pyrrole nitrogens is 1. The highest BCUT2D eigenvalue weighted by Gasteiger charge is 2.24. The molecule has 1 saturated heterocycles. The second kappa shape index (κ2) is 8.97. The largest absolute Gasteiger partial charge is 0.491 e. The molecule has 1 aliphatic heterocycles. The van der Waals surface area contributed by atoms with E-state index >= 15 is 0 Å². The van der Waals surface area contributed by atoms with Crippen LogP contribution in [-0.4, -0.2) is 50.0 Å². The van der Waals surface area contributed by atoms with Gasteiger partial charge >= 0.3 is 5.69 Å². The van der Waals surface area contributed by atoms with Crippen molar-refractivity contribution >= 4 is 17.1 Å². The van der Waals surface area contributed by atoms with Crippen LogP contribution in [0, 0.1) is 0 Å². The summed E-state index contributed by atoms with van der Waals surface area (Å²) in [6, 6.07) is 7.78. The van der Waals surface area contributed by atoms with E-state index < -0.39 is 17.4 Å². The summed E-state index contributed by atoms with van der Waals surface area (Å²) in [5.74, 6) is 1.30. The number of benzene rings is 1. The number of aromatic amines is 1. The van der Waals surface area contributed by atoms with E-state index in [9.17, 15) is 14.7 Å².